The molecular formula is C12H15BrO2. The van der Waals surface area contributed by atoms with E-state index in [0.29, 0.717) is 12.8 Å². The van der Waals surface area contributed by atoms with E-state index in [0.717, 1.165) is 10.0 Å². The minimum absolute atomic E-state index is 0.612. The molecule has 0 amide bonds. The van der Waals surface area contributed by atoms with Crippen molar-refractivity contribution >= 4 is 21.9 Å². The quantitative estimate of drug-likeness (QED) is 0.908. The van der Waals surface area contributed by atoms with Crippen molar-refractivity contribution in [2.24, 2.45) is 0 Å². The molecule has 0 aliphatic rings. The molecule has 0 radical (unpaired) electrons. The second-order valence-corrected chi connectivity index (χ2v) is 4.52. The van der Waals surface area contributed by atoms with Gasteiger partial charge in [0, 0.05) is 4.47 Å². The molecular weight excluding hydrogens is 256 g/mol. The van der Waals surface area contributed by atoms with Crippen LogP contribution in [0.1, 0.15) is 32.3 Å². The maximum Gasteiger partial charge on any atom is 0.314 e. The Morgan fingerprint density at radius 1 is 1.27 bits per heavy atom. The zero-order valence-electron chi connectivity index (χ0n) is 8.96. The number of aliphatic carboxylic acids is 1. The highest BCUT2D eigenvalue weighted by atomic mass is 79.9. The number of hydrogen-bond acceptors (Lipinski definition) is 1. The fourth-order valence-corrected chi connectivity index (χ4v) is 2.12. The Labute approximate surface area is 98.4 Å². The number of rotatable bonds is 4. The van der Waals surface area contributed by atoms with Gasteiger partial charge in [-0.05, 0) is 30.5 Å². The largest absolute Gasteiger partial charge is 0.481 e. The Morgan fingerprint density at radius 3 is 2.07 bits per heavy atom. The SMILES string of the molecule is CCC(CC)(C(=O)O)c1ccc(Br)cc1. The maximum atomic E-state index is 11.4. The Kier molecular flexibility index (Phi) is 3.91. The lowest BCUT2D eigenvalue weighted by Crippen LogP contribution is -2.34. The van der Waals surface area contributed by atoms with Crippen LogP contribution in [0.15, 0.2) is 28.7 Å². The van der Waals surface area contributed by atoms with E-state index in [4.69, 9.17) is 0 Å². The molecule has 3 heteroatoms. The fraction of sp³-hybridized carbons (Fsp3) is 0.417. The van der Waals surface area contributed by atoms with Crippen LogP contribution in [0.2, 0.25) is 0 Å². The summed E-state index contributed by atoms with van der Waals surface area (Å²) in [5, 5.41) is 9.33. The van der Waals surface area contributed by atoms with Gasteiger partial charge in [0.05, 0.1) is 5.41 Å². The molecule has 0 aliphatic carbocycles. The van der Waals surface area contributed by atoms with Gasteiger partial charge in [-0.25, -0.2) is 0 Å². The Bertz CT molecular complexity index is 339. The molecule has 0 bridgehead atoms. The van der Waals surface area contributed by atoms with Crippen LogP contribution < -0.4 is 0 Å². The van der Waals surface area contributed by atoms with E-state index in [2.05, 4.69) is 15.9 Å². The molecule has 0 unspecified atom stereocenters. The summed E-state index contributed by atoms with van der Waals surface area (Å²) in [4.78, 5) is 11.4. The van der Waals surface area contributed by atoms with E-state index in [1.165, 1.54) is 0 Å². The summed E-state index contributed by atoms with van der Waals surface area (Å²) in [6.45, 7) is 3.83. The Hall–Kier alpha value is -0.830. The monoisotopic (exact) mass is 270 g/mol. The molecule has 1 aromatic carbocycles. The lowest BCUT2D eigenvalue weighted by molar-refractivity contribution is -0.144. The van der Waals surface area contributed by atoms with Crippen molar-refractivity contribution in [3.63, 3.8) is 0 Å². The third-order valence-electron chi connectivity index (χ3n) is 3.01. The molecule has 82 valence electrons. The first-order chi connectivity index (χ1) is 7.06. The zero-order chi connectivity index (χ0) is 11.5. The Balaban J connectivity index is 3.20. The number of carbonyl (C=O) groups is 1. The van der Waals surface area contributed by atoms with Gasteiger partial charge in [0.15, 0.2) is 0 Å². The summed E-state index contributed by atoms with van der Waals surface area (Å²) in [6, 6.07) is 7.53. The van der Waals surface area contributed by atoms with Gasteiger partial charge in [-0.15, -0.1) is 0 Å². The molecule has 0 fully saturated rings. The van der Waals surface area contributed by atoms with Crippen molar-refractivity contribution in [2.75, 3.05) is 0 Å². The van der Waals surface area contributed by atoms with Crippen molar-refractivity contribution in [1.29, 1.82) is 0 Å². The van der Waals surface area contributed by atoms with E-state index >= 15 is 0 Å². The van der Waals surface area contributed by atoms with E-state index in [1.807, 2.05) is 38.1 Å². The molecule has 0 saturated heterocycles. The first-order valence-corrected chi connectivity index (χ1v) is 5.85. The lowest BCUT2D eigenvalue weighted by Gasteiger charge is -2.27. The summed E-state index contributed by atoms with van der Waals surface area (Å²) in [5.41, 5.74) is 0.143. The summed E-state index contributed by atoms with van der Waals surface area (Å²) < 4.78 is 0.970. The number of hydrogen-bond donors (Lipinski definition) is 1. The number of halogens is 1. The van der Waals surface area contributed by atoms with Crippen molar-refractivity contribution in [1.82, 2.24) is 0 Å². The van der Waals surface area contributed by atoms with Gasteiger partial charge in [0.2, 0.25) is 0 Å². The molecule has 0 atom stereocenters. The molecule has 1 aromatic rings. The van der Waals surface area contributed by atoms with Crippen molar-refractivity contribution in [3.05, 3.63) is 34.3 Å². The minimum atomic E-state index is -0.741. The second kappa shape index (κ2) is 4.79. The van der Waals surface area contributed by atoms with Crippen molar-refractivity contribution in [3.8, 4) is 0 Å². The summed E-state index contributed by atoms with van der Waals surface area (Å²) in [7, 11) is 0. The number of benzene rings is 1. The van der Waals surface area contributed by atoms with Crippen LogP contribution >= 0.6 is 15.9 Å². The van der Waals surface area contributed by atoms with Crippen LogP contribution in [-0.4, -0.2) is 11.1 Å². The second-order valence-electron chi connectivity index (χ2n) is 3.60. The van der Waals surface area contributed by atoms with E-state index in [-0.39, 0.29) is 0 Å². The molecule has 1 N–H and O–H groups in total. The highest BCUT2D eigenvalue weighted by Gasteiger charge is 2.36. The summed E-state index contributed by atoms with van der Waals surface area (Å²) >= 11 is 3.35. The third kappa shape index (κ3) is 2.23. The molecule has 15 heavy (non-hydrogen) atoms. The average Bonchev–Trinajstić information content (AvgIpc) is 2.22. The highest BCUT2D eigenvalue weighted by Crippen LogP contribution is 2.32. The molecule has 0 aliphatic heterocycles. The molecule has 0 saturated carbocycles. The van der Waals surface area contributed by atoms with E-state index in [9.17, 15) is 9.90 Å². The van der Waals surface area contributed by atoms with Gasteiger partial charge in [0.25, 0.3) is 0 Å². The highest BCUT2D eigenvalue weighted by molar-refractivity contribution is 9.10. The summed E-state index contributed by atoms with van der Waals surface area (Å²) in [6.07, 6.45) is 1.22. The molecule has 0 aromatic heterocycles. The van der Waals surface area contributed by atoms with Crippen molar-refractivity contribution in [2.45, 2.75) is 32.1 Å². The van der Waals surface area contributed by atoms with Crippen molar-refractivity contribution < 1.29 is 9.90 Å². The van der Waals surface area contributed by atoms with Crippen LogP contribution in [0.5, 0.6) is 0 Å². The minimum Gasteiger partial charge on any atom is -0.481 e. The normalized spacial score (nSPS) is 11.4. The van der Waals surface area contributed by atoms with Gasteiger partial charge >= 0.3 is 5.97 Å². The average molecular weight is 271 g/mol. The van der Waals surface area contributed by atoms with Crippen LogP contribution in [0.3, 0.4) is 0 Å². The molecule has 0 spiro atoms. The maximum absolute atomic E-state index is 11.4. The predicted molar refractivity (Wildman–Crippen MR) is 64.0 cm³/mol. The standard InChI is InChI=1S/C12H15BrO2/c1-3-12(4-2,11(14)15)9-5-7-10(13)8-6-9/h5-8H,3-4H2,1-2H3,(H,14,15). The van der Waals surface area contributed by atoms with Gasteiger partial charge in [-0.1, -0.05) is 41.9 Å². The van der Waals surface area contributed by atoms with Gasteiger partial charge in [-0.3, -0.25) is 4.79 Å². The topological polar surface area (TPSA) is 37.3 Å². The van der Waals surface area contributed by atoms with E-state index in [1.54, 1.807) is 0 Å². The van der Waals surface area contributed by atoms with Gasteiger partial charge in [-0.2, -0.15) is 0 Å². The smallest absolute Gasteiger partial charge is 0.314 e. The first kappa shape index (κ1) is 12.2. The fourth-order valence-electron chi connectivity index (χ4n) is 1.85. The van der Waals surface area contributed by atoms with Crippen LogP contribution in [0.4, 0.5) is 0 Å². The van der Waals surface area contributed by atoms with Crippen LogP contribution in [0, 0.1) is 0 Å². The Morgan fingerprint density at radius 2 is 1.73 bits per heavy atom. The van der Waals surface area contributed by atoms with E-state index < -0.39 is 11.4 Å². The van der Waals surface area contributed by atoms with Crippen LogP contribution in [0.25, 0.3) is 0 Å². The lowest BCUT2D eigenvalue weighted by atomic mass is 9.76. The predicted octanol–water partition coefficient (Wildman–Crippen LogP) is 3.59. The van der Waals surface area contributed by atoms with Gasteiger partial charge in [0.1, 0.15) is 0 Å². The molecule has 2 nitrogen and oxygen atoms in total. The van der Waals surface area contributed by atoms with Crippen LogP contribution in [-0.2, 0) is 10.2 Å². The number of carboxylic acid groups (broad SMARTS) is 1. The third-order valence-corrected chi connectivity index (χ3v) is 3.54. The van der Waals surface area contributed by atoms with Gasteiger partial charge < -0.3 is 5.11 Å². The first-order valence-electron chi connectivity index (χ1n) is 5.06. The zero-order valence-corrected chi connectivity index (χ0v) is 10.5. The number of carboxylic acids is 1. The molecule has 0 heterocycles. The summed E-state index contributed by atoms with van der Waals surface area (Å²) in [5.74, 6) is -0.741. The molecule has 1 rings (SSSR count).